The molecule has 0 aromatic carbocycles. The SMILES string of the molecule is CC(=O)NCC1CCn2ncc(C(=O)N3CCC4(CCCCC4)C3)c2C1. The number of fused-ring (bicyclic) bond motifs is 1. The van der Waals surface area contributed by atoms with Crippen LogP contribution in [0.1, 0.15) is 67.9 Å². The van der Waals surface area contributed by atoms with Crippen LogP contribution in [-0.2, 0) is 17.8 Å². The lowest BCUT2D eigenvalue weighted by Crippen LogP contribution is -2.35. The predicted octanol–water partition coefficient (Wildman–Crippen LogP) is 2.38. The van der Waals surface area contributed by atoms with E-state index < -0.39 is 0 Å². The molecule has 3 heterocycles. The Morgan fingerprint density at radius 2 is 2.04 bits per heavy atom. The highest BCUT2D eigenvalue weighted by atomic mass is 16.2. The Hall–Kier alpha value is -1.85. The highest BCUT2D eigenvalue weighted by molar-refractivity contribution is 5.95. The van der Waals surface area contributed by atoms with Gasteiger partial charge in [0, 0.05) is 33.1 Å². The van der Waals surface area contributed by atoms with Crippen molar-refractivity contribution in [3.05, 3.63) is 17.5 Å². The van der Waals surface area contributed by atoms with Crippen LogP contribution in [0.4, 0.5) is 0 Å². The summed E-state index contributed by atoms with van der Waals surface area (Å²) in [6.07, 6.45) is 11.3. The first kappa shape index (κ1) is 17.6. The minimum absolute atomic E-state index is 0.00947. The molecular formula is C20H30N4O2. The Kier molecular flexibility index (Phi) is 4.76. The molecule has 1 aromatic heterocycles. The number of aryl methyl sites for hydroxylation is 1. The van der Waals surface area contributed by atoms with E-state index in [1.165, 1.54) is 32.1 Å². The Bertz CT molecular complexity index is 690. The molecule has 1 N–H and O–H groups in total. The smallest absolute Gasteiger partial charge is 0.257 e. The monoisotopic (exact) mass is 358 g/mol. The van der Waals surface area contributed by atoms with Gasteiger partial charge in [0.05, 0.1) is 17.5 Å². The van der Waals surface area contributed by atoms with Crippen molar-refractivity contribution in [2.75, 3.05) is 19.6 Å². The number of rotatable bonds is 3. The molecule has 1 aliphatic carbocycles. The van der Waals surface area contributed by atoms with Gasteiger partial charge in [-0.25, -0.2) is 0 Å². The number of aromatic nitrogens is 2. The normalized spacial score (nSPS) is 24.5. The molecule has 1 saturated carbocycles. The fourth-order valence-corrected chi connectivity index (χ4v) is 5.13. The number of carbonyl (C=O) groups excluding carboxylic acids is 2. The maximum absolute atomic E-state index is 13.2. The van der Waals surface area contributed by atoms with Crippen molar-refractivity contribution in [3.63, 3.8) is 0 Å². The fraction of sp³-hybridized carbons (Fsp3) is 0.750. The highest BCUT2D eigenvalue weighted by Crippen LogP contribution is 2.44. The van der Waals surface area contributed by atoms with Crippen LogP contribution in [0, 0.1) is 11.3 Å². The minimum Gasteiger partial charge on any atom is -0.356 e. The number of nitrogens with one attached hydrogen (secondary N) is 1. The van der Waals surface area contributed by atoms with Crippen molar-refractivity contribution < 1.29 is 9.59 Å². The van der Waals surface area contributed by atoms with Crippen molar-refractivity contribution in [2.24, 2.45) is 11.3 Å². The van der Waals surface area contributed by atoms with Gasteiger partial charge in [-0.15, -0.1) is 0 Å². The summed E-state index contributed by atoms with van der Waals surface area (Å²) in [5, 5.41) is 7.38. The molecule has 1 aromatic rings. The molecule has 2 amide bonds. The second kappa shape index (κ2) is 7.05. The molecule has 26 heavy (non-hydrogen) atoms. The second-order valence-corrected chi connectivity index (χ2v) is 8.56. The number of hydrogen-bond donors (Lipinski definition) is 1. The van der Waals surface area contributed by atoms with E-state index in [-0.39, 0.29) is 11.8 Å². The van der Waals surface area contributed by atoms with Crippen LogP contribution in [0.25, 0.3) is 0 Å². The first-order chi connectivity index (χ1) is 12.6. The third-order valence-electron chi connectivity index (χ3n) is 6.69. The van der Waals surface area contributed by atoms with Gasteiger partial charge in [0.1, 0.15) is 0 Å². The molecule has 0 radical (unpaired) electrons. The highest BCUT2D eigenvalue weighted by Gasteiger charge is 2.41. The molecular weight excluding hydrogens is 328 g/mol. The van der Waals surface area contributed by atoms with Crippen LogP contribution in [0.2, 0.25) is 0 Å². The molecule has 2 fully saturated rings. The van der Waals surface area contributed by atoms with Gasteiger partial charge in [0.25, 0.3) is 5.91 Å². The van der Waals surface area contributed by atoms with Crippen LogP contribution in [0.5, 0.6) is 0 Å². The molecule has 6 heteroatoms. The van der Waals surface area contributed by atoms with Gasteiger partial charge in [0.15, 0.2) is 0 Å². The number of nitrogens with zero attached hydrogens (tertiary/aromatic N) is 3. The zero-order valence-corrected chi connectivity index (χ0v) is 15.8. The van der Waals surface area contributed by atoms with Crippen molar-refractivity contribution in [1.29, 1.82) is 0 Å². The van der Waals surface area contributed by atoms with Crippen LogP contribution in [-0.4, -0.2) is 46.1 Å². The molecule has 1 saturated heterocycles. The summed E-state index contributed by atoms with van der Waals surface area (Å²) in [5.41, 5.74) is 2.22. The summed E-state index contributed by atoms with van der Waals surface area (Å²) in [5.74, 6) is 0.557. The number of hydrogen-bond acceptors (Lipinski definition) is 3. The topological polar surface area (TPSA) is 67.2 Å². The quantitative estimate of drug-likeness (QED) is 0.902. The largest absolute Gasteiger partial charge is 0.356 e. The number of amides is 2. The van der Waals surface area contributed by atoms with Crippen molar-refractivity contribution >= 4 is 11.8 Å². The maximum Gasteiger partial charge on any atom is 0.257 e. The molecule has 4 rings (SSSR count). The van der Waals surface area contributed by atoms with Crippen molar-refractivity contribution in [2.45, 2.75) is 64.8 Å². The van der Waals surface area contributed by atoms with Crippen molar-refractivity contribution in [3.8, 4) is 0 Å². The molecule has 6 nitrogen and oxygen atoms in total. The average molecular weight is 358 g/mol. The molecule has 1 atom stereocenters. The lowest BCUT2D eigenvalue weighted by atomic mass is 9.73. The van der Waals surface area contributed by atoms with Gasteiger partial charge >= 0.3 is 0 Å². The zero-order valence-electron chi connectivity index (χ0n) is 15.8. The average Bonchev–Trinajstić information content (AvgIpc) is 3.24. The summed E-state index contributed by atoms with van der Waals surface area (Å²) >= 11 is 0. The van der Waals surface area contributed by atoms with Crippen LogP contribution >= 0.6 is 0 Å². The van der Waals surface area contributed by atoms with Crippen LogP contribution in [0.15, 0.2) is 6.20 Å². The van der Waals surface area contributed by atoms with Gasteiger partial charge in [0.2, 0.25) is 5.91 Å². The zero-order chi connectivity index (χ0) is 18.1. The summed E-state index contributed by atoms with van der Waals surface area (Å²) in [6, 6.07) is 0. The van der Waals surface area contributed by atoms with E-state index in [1.807, 2.05) is 4.68 Å². The van der Waals surface area contributed by atoms with Gasteiger partial charge < -0.3 is 10.2 Å². The maximum atomic E-state index is 13.2. The summed E-state index contributed by atoms with van der Waals surface area (Å²) in [6.45, 7) is 4.87. The third kappa shape index (κ3) is 3.38. The third-order valence-corrected chi connectivity index (χ3v) is 6.69. The molecule has 0 bridgehead atoms. The first-order valence-electron chi connectivity index (χ1n) is 10.1. The van der Waals surface area contributed by atoms with Gasteiger partial charge in [-0.1, -0.05) is 19.3 Å². The summed E-state index contributed by atoms with van der Waals surface area (Å²) in [4.78, 5) is 26.4. The molecule has 3 aliphatic rings. The van der Waals surface area contributed by atoms with E-state index in [9.17, 15) is 9.59 Å². The van der Waals surface area contributed by atoms with Gasteiger partial charge in [-0.2, -0.15) is 5.10 Å². The second-order valence-electron chi connectivity index (χ2n) is 8.56. The molecule has 142 valence electrons. The predicted molar refractivity (Wildman–Crippen MR) is 98.8 cm³/mol. The van der Waals surface area contributed by atoms with E-state index in [0.717, 1.165) is 50.2 Å². The molecule has 1 spiro atoms. The Morgan fingerprint density at radius 1 is 1.23 bits per heavy atom. The Morgan fingerprint density at radius 3 is 2.81 bits per heavy atom. The van der Waals surface area contributed by atoms with E-state index in [2.05, 4.69) is 15.3 Å². The van der Waals surface area contributed by atoms with E-state index in [4.69, 9.17) is 0 Å². The molecule has 2 aliphatic heterocycles. The number of likely N-dealkylation sites (tertiary alicyclic amines) is 1. The van der Waals surface area contributed by atoms with E-state index >= 15 is 0 Å². The Balaban J connectivity index is 1.45. The van der Waals surface area contributed by atoms with Gasteiger partial charge in [-0.05, 0) is 43.4 Å². The first-order valence-corrected chi connectivity index (χ1v) is 10.1. The summed E-state index contributed by atoms with van der Waals surface area (Å²) in [7, 11) is 0. The van der Waals surface area contributed by atoms with E-state index in [1.54, 1.807) is 13.1 Å². The molecule has 1 unspecified atom stereocenters. The van der Waals surface area contributed by atoms with Gasteiger partial charge in [-0.3, -0.25) is 14.3 Å². The van der Waals surface area contributed by atoms with Crippen molar-refractivity contribution in [1.82, 2.24) is 20.0 Å². The van der Waals surface area contributed by atoms with E-state index in [0.29, 0.717) is 17.9 Å². The fourth-order valence-electron chi connectivity index (χ4n) is 5.13. The Labute approximate surface area is 155 Å². The standard InChI is InChI=1S/C20H30N4O2/c1-15(25)21-12-16-5-9-24-18(11-16)17(13-22-24)19(26)23-10-8-20(14-23)6-3-2-4-7-20/h13,16H,2-12,14H2,1H3,(H,21,25). The van der Waals surface area contributed by atoms with Crippen LogP contribution < -0.4 is 5.32 Å². The van der Waals surface area contributed by atoms with Crippen LogP contribution in [0.3, 0.4) is 0 Å². The number of carbonyl (C=O) groups is 2. The summed E-state index contributed by atoms with van der Waals surface area (Å²) < 4.78 is 1.99. The minimum atomic E-state index is 0.00947. The lowest BCUT2D eigenvalue weighted by molar-refractivity contribution is -0.119. The lowest BCUT2D eigenvalue weighted by Gasteiger charge is -2.33.